The lowest BCUT2D eigenvalue weighted by Crippen LogP contribution is -2.35. The van der Waals surface area contributed by atoms with Gasteiger partial charge in [-0.3, -0.25) is 4.31 Å². The number of hydrogen-bond donors (Lipinski definition) is 0. The first-order valence-electron chi connectivity index (χ1n) is 5.90. The molecule has 1 aromatic carbocycles. The van der Waals surface area contributed by atoms with Gasteiger partial charge in [0.05, 0.1) is 23.9 Å². The number of hydrogen-bond acceptors (Lipinski definition) is 3. The van der Waals surface area contributed by atoms with Gasteiger partial charge in [0.1, 0.15) is 0 Å². The molecule has 0 saturated carbocycles. The van der Waals surface area contributed by atoms with Gasteiger partial charge in [-0.05, 0) is 18.1 Å². The minimum Gasteiger partial charge on any atom is -0.269 e. The number of nitrogens with zero attached hydrogens (tertiary/aromatic N) is 2. The summed E-state index contributed by atoms with van der Waals surface area (Å²) in [6.45, 7) is 3.94. The molecule has 98 valence electrons. The highest BCUT2D eigenvalue weighted by Crippen LogP contribution is 2.19. The van der Waals surface area contributed by atoms with Gasteiger partial charge < -0.3 is 0 Å². The molecule has 5 heteroatoms. The van der Waals surface area contributed by atoms with Crippen molar-refractivity contribution in [1.82, 2.24) is 0 Å². The lowest BCUT2D eigenvalue weighted by molar-refractivity contribution is 0.577. The van der Waals surface area contributed by atoms with E-state index in [0.717, 1.165) is 0 Å². The number of nitriles is 1. The minimum absolute atomic E-state index is 0.0586. The normalized spacial score (nSPS) is 11.2. The summed E-state index contributed by atoms with van der Waals surface area (Å²) >= 11 is 0. The number of para-hydroxylation sites is 1. The molecule has 0 spiro atoms. The highest BCUT2D eigenvalue weighted by molar-refractivity contribution is 7.92. The molecule has 0 heterocycles. The standard InChI is InChI=1S/C13H18N2O2S/c1-12(2)11-18(16,17)15(10-6-9-14)13-7-4-3-5-8-13/h3-5,7-8,12H,6,10-11H2,1-2H3. The predicted octanol–water partition coefficient (Wildman–Crippen LogP) is 2.39. The Hall–Kier alpha value is -1.54. The van der Waals surface area contributed by atoms with Gasteiger partial charge in [0.25, 0.3) is 0 Å². The molecule has 0 N–H and O–H groups in total. The van der Waals surface area contributed by atoms with Gasteiger partial charge in [-0.1, -0.05) is 32.0 Å². The van der Waals surface area contributed by atoms with Crippen LogP contribution in [0.1, 0.15) is 20.3 Å². The van der Waals surface area contributed by atoms with Crippen LogP contribution in [0.3, 0.4) is 0 Å². The third-order valence-corrected chi connectivity index (χ3v) is 4.50. The van der Waals surface area contributed by atoms with Crippen molar-refractivity contribution >= 4 is 15.7 Å². The zero-order valence-corrected chi connectivity index (χ0v) is 11.5. The first kappa shape index (κ1) is 14.5. The van der Waals surface area contributed by atoms with Crippen molar-refractivity contribution in [3.05, 3.63) is 30.3 Å². The van der Waals surface area contributed by atoms with E-state index in [1.807, 2.05) is 26.0 Å². The van der Waals surface area contributed by atoms with Crippen LogP contribution in [0.25, 0.3) is 0 Å². The third-order valence-electron chi connectivity index (χ3n) is 2.35. The maximum absolute atomic E-state index is 12.3. The Morgan fingerprint density at radius 2 is 1.89 bits per heavy atom. The van der Waals surface area contributed by atoms with Crippen LogP contribution >= 0.6 is 0 Å². The number of anilines is 1. The fraction of sp³-hybridized carbons (Fsp3) is 0.462. The quantitative estimate of drug-likeness (QED) is 0.794. The second-order valence-corrected chi connectivity index (χ2v) is 6.43. The Kier molecular flexibility index (Phi) is 5.17. The molecule has 0 unspecified atom stereocenters. The van der Waals surface area contributed by atoms with Gasteiger partial charge in [-0.25, -0.2) is 8.42 Å². The molecule has 1 aromatic rings. The fourth-order valence-corrected chi connectivity index (χ4v) is 3.52. The molecular formula is C13H18N2O2S. The predicted molar refractivity (Wildman–Crippen MR) is 72.6 cm³/mol. The minimum atomic E-state index is -3.36. The second-order valence-electron chi connectivity index (χ2n) is 4.49. The van der Waals surface area contributed by atoms with Crippen LogP contribution in [-0.2, 0) is 10.0 Å². The summed E-state index contributed by atoms with van der Waals surface area (Å²) in [4.78, 5) is 0. The van der Waals surface area contributed by atoms with Crippen LogP contribution in [0, 0.1) is 17.2 Å². The Labute approximate surface area is 109 Å². The van der Waals surface area contributed by atoms with E-state index in [-0.39, 0.29) is 24.6 Å². The van der Waals surface area contributed by atoms with E-state index in [0.29, 0.717) is 5.69 Å². The van der Waals surface area contributed by atoms with Gasteiger partial charge in [0.15, 0.2) is 0 Å². The molecule has 0 radical (unpaired) electrons. The Bertz CT molecular complexity index is 504. The summed E-state index contributed by atoms with van der Waals surface area (Å²) in [6.07, 6.45) is 0.187. The molecule has 0 aliphatic heterocycles. The lowest BCUT2D eigenvalue weighted by Gasteiger charge is -2.24. The van der Waals surface area contributed by atoms with Gasteiger partial charge in [0.2, 0.25) is 10.0 Å². The summed E-state index contributed by atoms with van der Waals surface area (Å²) in [5.74, 6) is 0.149. The van der Waals surface area contributed by atoms with Crippen molar-refractivity contribution in [2.75, 3.05) is 16.6 Å². The molecule has 0 aliphatic carbocycles. The average molecular weight is 266 g/mol. The van der Waals surface area contributed by atoms with Gasteiger partial charge in [0, 0.05) is 6.54 Å². The van der Waals surface area contributed by atoms with E-state index < -0.39 is 10.0 Å². The summed E-state index contributed by atoms with van der Waals surface area (Å²) in [7, 11) is -3.36. The van der Waals surface area contributed by atoms with Crippen LogP contribution in [0.5, 0.6) is 0 Å². The molecule has 0 amide bonds. The van der Waals surface area contributed by atoms with Gasteiger partial charge in [-0.15, -0.1) is 0 Å². The molecule has 18 heavy (non-hydrogen) atoms. The number of rotatable bonds is 6. The smallest absolute Gasteiger partial charge is 0.235 e. The Morgan fingerprint density at radius 1 is 1.28 bits per heavy atom. The SMILES string of the molecule is CC(C)CS(=O)(=O)N(CCC#N)c1ccccc1. The van der Waals surface area contributed by atoms with E-state index in [2.05, 4.69) is 0 Å². The van der Waals surface area contributed by atoms with Gasteiger partial charge in [-0.2, -0.15) is 5.26 Å². The molecular weight excluding hydrogens is 248 g/mol. The van der Waals surface area contributed by atoms with Crippen molar-refractivity contribution in [2.24, 2.45) is 5.92 Å². The van der Waals surface area contributed by atoms with Gasteiger partial charge >= 0.3 is 0 Å². The molecule has 1 rings (SSSR count). The van der Waals surface area contributed by atoms with E-state index >= 15 is 0 Å². The van der Waals surface area contributed by atoms with E-state index in [4.69, 9.17) is 5.26 Å². The molecule has 0 atom stereocenters. The van der Waals surface area contributed by atoms with Crippen molar-refractivity contribution in [3.63, 3.8) is 0 Å². The maximum Gasteiger partial charge on any atom is 0.235 e. The molecule has 0 fully saturated rings. The monoisotopic (exact) mass is 266 g/mol. The molecule has 0 aromatic heterocycles. The van der Waals surface area contributed by atoms with Crippen LogP contribution in [0.4, 0.5) is 5.69 Å². The van der Waals surface area contributed by atoms with Crippen LogP contribution in [0.2, 0.25) is 0 Å². The summed E-state index contributed by atoms with van der Waals surface area (Å²) in [6, 6.07) is 10.9. The summed E-state index contributed by atoms with van der Waals surface area (Å²) < 4.78 is 25.9. The largest absolute Gasteiger partial charge is 0.269 e. The zero-order chi connectivity index (χ0) is 13.6. The first-order chi connectivity index (χ1) is 8.47. The number of sulfonamides is 1. The van der Waals surface area contributed by atoms with Crippen LogP contribution < -0.4 is 4.31 Å². The topological polar surface area (TPSA) is 61.2 Å². The van der Waals surface area contributed by atoms with Crippen molar-refractivity contribution in [2.45, 2.75) is 20.3 Å². The average Bonchev–Trinajstić information content (AvgIpc) is 2.29. The lowest BCUT2D eigenvalue weighted by atomic mass is 10.3. The highest BCUT2D eigenvalue weighted by atomic mass is 32.2. The van der Waals surface area contributed by atoms with Crippen molar-refractivity contribution < 1.29 is 8.42 Å². The van der Waals surface area contributed by atoms with Crippen molar-refractivity contribution in [1.29, 1.82) is 5.26 Å². The Morgan fingerprint density at radius 3 is 2.39 bits per heavy atom. The third kappa shape index (κ3) is 4.04. The first-order valence-corrected chi connectivity index (χ1v) is 7.50. The number of benzene rings is 1. The second kappa shape index (κ2) is 6.41. The molecule has 0 bridgehead atoms. The molecule has 0 saturated heterocycles. The maximum atomic E-state index is 12.3. The molecule has 0 aliphatic rings. The van der Waals surface area contributed by atoms with E-state index in [1.54, 1.807) is 24.3 Å². The van der Waals surface area contributed by atoms with Crippen LogP contribution in [0.15, 0.2) is 30.3 Å². The van der Waals surface area contributed by atoms with E-state index in [9.17, 15) is 8.42 Å². The highest BCUT2D eigenvalue weighted by Gasteiger charge is 2.23. The van der Waals surface area contributed by atoms with Crippen molar-refractivity contribution in [3.8, 4) is 6.07 Å². The summed E-state index contributed by atoms with van der Waals surface area (Å²) in [5, 5.41) is 8.64. The summed E-state index contributed by atoms with van der Waals surface area (Å²) in [5.41, 5.74) is 0.619. The molecule has 4 nitrogen and oxygen atoms in total. The Balaban J connectivity index is 3.03. The fourth-order valence-electron chi connectivity index (χ4n) is 1.69. The van der Waals surface area contributed by atoms with Crippen LogP contribution in [-0.4, -0.2) is 20.7 Å². The van der Waals surface area contributed by atoms with E-state index in [1.165, 1.54) is 4.31 Å². The zero-order valence-electron chi connectivity index (χ0n) is 10.7.